The molecule has 0 aliphatic carbocycles. The summed E-state index contributed by atoms with van der Waals surface area (Å²) in [6, 6.07) is 16.2. The number of ether oxygens (including phenoxy) is 1. The molecule has 0 aliphatic rings. The maximum atomic E-state index is 12.0. The summed E-state index contributed by atoms with van der Waals surface area (Å²) in [6.07, 6.45) is 1.21. The Labute approximate surface area is 142 Å². The topological polar surface area (TPSA) is 45.3 Å². The third-order valence-corrected chi connectivity index (χ3v) is 4.28. The first kappa shape index (κ1) is 16.1. The SMILES string of the molecule is COc1ccc(-c2[nH]c3ccccc3c2CCC(=O)N(C)C)cc1. The molecule has 0 fully saturated rings. The van der Waals surface area contributed by atoms with Gasteiger partial charge in [0.15, 0.2) is 0 Å². The number of aromatic nitrogens is 1. The van der Waals surface area contributed by atoms with Crippen molar-refractivity contribution in [3.05, 3.63) is 54.1 Å². The Morgan fingerprint density at radius 3 is 2.46 bits per heavy atom. The molecule has 0 saturated heterocycles. The molecule has 2 aromatic carbocycles. The van der Waals surface area contributed by atoms with Crippen LogP contribution in [0, 0.1) is 0 Å². The molecule has 124 valence electrons. The van der Waals surface area contributed by atoms with Crippen molar-refractivity contribution in [2.75, 3.05) is 21.2 Å². The van der Waals surface area contributed by atoms with Gasteiger partial charge in [-0.05, 0) is 47.9 Å². The van der Waals surface area contributed by atoms with Crippen molar-refractivity contribution < 1.29 is 9.53 Å². The van der Waals surface area contributed by atoms with Crippen LogP contribution in [-0.4, -0.2) is 37.0 Å². The molecule has 0 saturated carbocycles. The summed E-state index contributed by atoms with van der Waals surface area (Å²) in [5.41, 5.74) is 4.45. The number of aryl methyl sites for hydroxylation is 1. The van der Waals surface area contributed by atoms with Gasteiger partial charge in [-0.25, -0.2) is 0 Å². The summed E-state index contributed by atoms with van der Waals surface area (Å²) in [6.45, 7) is 0. The highest BCUT2D eigenvalue weighted by atomic mass is 16.5. The third-order valence-electron chi connectivity index (χ3n) is 4.28. The molecule has 1 N–H and O–H groups in total. The minimum Gasteiger partial charge on any atom is -0.497 e. The molecule has 1 aromatic heterocycles. The number of rotatable bonds is 5. The number of aromatic amines is 1. The van der Waals surface area contributed by atoms with Crippen LogP contribution in [0.25, 0.3) is 22.2 Å². The normalized spacial score (nSPS) is 10.8. The molecule has 3 aromatic rings. The van der Waals surface area contributed by atoms with Crippen LogP contribution in [0.15, 0.2) is 48.5 Å². The van der Waals surface area contributed by atoms with E-state index >= 15 is 0 Å². The number of hydrogen-bond acceptors (Lipinski definition) is 2. The van der Waals surface area contributed by atoms with Gasteiger partial charge in [0.2, 0.25) is 5.91 Å². The molecule has 0 atom stereocenters. The standard InChI is InChI=1S/C20H22N2O2/c1-22(2)19(23)13-12-17-16-6-4-5-7-18(16)21-20(17)14-8-10-15(24-3)11-9-14/h4-11,21H,12-13H2,1-3H3. The van der Waals surface area contributed by atoms with Crippen molar-refractivity contribution in [2.24, 2.45) is 0 Å². The average molecular weight is 322 g/mol. The molecule has 3 rings (SSSR count). The number of carbonyl (C=O) groups excluding carboxylic acids is 1. The van der Waals surface area contributed by atoms with Gasteiger partial charge in [0.05, 0.1) is 7.11 Å². The number of nitrogens with zero attached hydrogens (tertiary/aromatic N) is 1. The van der Waals surface area contributed by atoms with Crippen molar-refractivity contribution in [2.45, 2.75) is 12.8 Å². The third kappa shape index (κ3) is 3.13. The zero-order valence-corrected chi connectivity index (χ0v) is 14.3. The second kappa shape index (κ2) is 6.79. The molecule has 0 radical (unpaired) electrons. The van der Waals surface area contributed by atoms with Gasteiger partial charge in [0.1, 0.15) is 5.75 Å². The lowest BCUT2D eigenvalue weighted by Crippen LogP contribution is -2.21. The number of H-pyrrole nitrogens is 1. The molecule has 4 heteroatoms. The Hall–Kier alpha value is -2.75. The first-order chi connectivity index (χ1) is 11.6. The Morgan fingerprint density at radius 1 is 1.08 bits per heavy atom. The van der Waals surface area contributed by atoms with E-state index in [1.165, 1.54) is 10.9 Å². The maximum absolute atomic E-state index is 12.0. The lowest BCUT2D eigenvalue weighted by molar-refractivity contribution is -0.128. The number of hydrogen-bond donors (Lipinski definition) is 1. The van der Waals surface area contributed by atoms with Crippen molar-refractivity contribution in [1.29, 1.82) is 0 Å². The van der Waals surface area contributed by atoms with Gasteiger partial charge in [-0.3, -0.25) is 4.79 Å². The fourth-order valence-corrected chi connectivity index (χ4v) is 2.92. The number of amides is 1. The van der Waals surface area contributed by atoms with Crippen molar-refractivity contribution >= 4 is 16.8 Å². The molecule has 0 aliphatic heterocycles. The van der Waals surface area contributed by atoms with E-state index in [4.69, 9.17) is 4.74 Å². The molecule has 4 nitrogen and oxygen atoms in total. The molecular weight excluding hydrogens is 300 g/mol. The van der Waals surface area contributed by atoms with Crippen molar-refractivity contribution in [3.63, 3.8) is 0 Å². The van der Waals surface area contributed by atoms with Crippen molar-refractivity contribution in [3.8, 4) is 17.0 Å². The molecular formula is C20H22N2O2. The lowest BCUT2D eigenvalue weighted by atomic mass is 10.0. The van der Waals surface area contributed by atoms with Crippen LogP contribution >= 0.6 is 0 Å². The number of nitrogens with one attached hydrogen (secondary N) is 1. The Bertz CT molecular complexity index is 848. The number of carbonyl (C=O) groups is 1. The molecule has 0 spiro atoms. The average Bonchev–Trinajstić information content (AvgIpc) is 2.98. The Balaban J connectivity index is 2.02. The van der Waals surface area contributed by atoms with Gasteiger partial charge in [-0.15, -0.1) is 0 Å². The van der Waals surface area contributed by atoms with Crippen LogP contribution < -0.4 is 4.74 Å². The first-order valence-corrected chi connectivity index (χ1v) is 8.04. The summed E-state index contributed by atoms with van der Waals surface area (Å²) in [5.74, 6) is 0.972. The second-order valence-electron chi connectivity index (χ2n) is 6.04. The summed E-state index contributed by atoms with van der Waals surface area (Å²) in [7, 11) is 5.25. The predicted molar refractivity (Wildman–Crippen MR) is 97.3 cm³/mol. The smallest absolute Gasteiger partial charge is 0.222 e. The van der Waals surface area contributed by atoms with Crippen LogP contribution in [0.2, 0.25) is 0 Å². The molecule has 24 heavy (non-hydrogen) atoms. The zero-order valence-electron chi connectivity index (χ0n) is 14.3. The quantitative estimate of drug-likeness (QED) is 0.775. The van der Waals surface area contributed by atoms with Gasteiger partial charge in [-0.1, -0.05) is 18.2 Å². The Morgan fingerprint density at radius 2 is 1.79 bits per heavy atom. The van der Waals surface area contributed by atoms with E-state index in [-0.39, 0.29) is 5.91 Å². The highest BCUT2D eigenvalue weighted by Crippen LogP contribution is 2.32. The van der Waals surface area contributed by atoms with E-state index in [0.717, 1.165) is 22.5 Å². The summed E-state index contributed by atoms with van der Waals surface area (Å²) in [4.78, 5) is 17.2. The zero-order chi connectivity index (χ0) is 17.1. The number of methoxy groups -OCH3 is 1. The van der Waals surface area contributed by atoms with Crippen LogP contribution in [0.3, 0.4) is 0 Å². The van der Waals surface area contributed by atoms with Gasteiger partial charge >= 0.3 is 0 Å². The number of benzene rings is 2. The van der Waals surface area contributed by atoms with E-state index in [2.05, 4.69) is 17.1 Å². The second-order valence-corrected chi connectivity index (χ2v) is 6.04. The largest absolute Gasteiger partial charge is 0.497 e. The van der Waals surface area contributed by atoms with Crippen molar-refractivity contribution in [1.82, 2.24) is 9.88 Å². The maximum Gasteiger partial charge on any atom is 0.222 e. The molecule has 1 amide bonds. The molecule has 0 unspecified atom stereocenters. The van der Waals surface area contributed by atoms with E-state index in [0.29, 0.717) is 12.8 Å². The monoisotopic (exact) mass is 322 g/mol. The first-order valence-electron chi connectivity index (χ1n) is 8.04. The minimum atomic E-state index is 0.140. The fraction of sp³-hybridized carbons (Fsp3) is 0.250. The van der Waals surface area contributed by atoms with E-state index in [9.17, 15) is 4.79 Å². The highest BCUT2D eigenvalue weighted by molar-refractivity contribution is 5.91. The highest BCUT2D eigenvalue weighted by Gasteiger charge is 2.15. The van der Waals surface area contributed by atoms with Gasteiger partial charge in [-0.2, -0.15) is 0 Å². The van der Waals surface area contributed by atoms with E-state index in [1.807, 2.05) is 36.4 Å². The summed E-state index contributed by atoms with van der Waals surface area (Å²) < 4.78 is 5.24. The summed E-state index contributed by atoms with van der Waals surface area (Å²) >= 11 is 0. The Kier molecular flexibility index (Phi) is 4.56. The number of para-hydroxylation sites is 1. The minimum absolute atomic E-state index is 0.140. The van der Waals surface area contributed by atoms with Crippen LogP contribution in [0.5, 0.6) is 5.75 Å². The van der Waals surface area contributed by atoms with E-state index in [1.54, 1.807) is 26.1 Å². The lowest BCUT2D eigenvalue weighted by Gasteiger charge is -2.11. The van der Waals surface area contributed by atoms with Gasteiger partial charge in [0.25, 0.3) is 0 Å². The van der Waals surface area contributed by atoms with Crippen LogP contribution in [0.4, 0.5) is 0 Å². The molecule has 1 heterocycles. The van der Waals surface area contributed by atoms with Crippen LogP contribution in [0.1, 0.15) is 12.0 Å². The predicted octanol–water partition coefficient (Wildman–Crippen LogP) is 3.86. The van der Waals surface area contributed by atoms with E-state index < -0.39 is 0 Å². The van der Waals surface area contributed by atoms with Gasteiger partial charge in [0, 0.05) is 37.1 Å². The number of fused-ring (bicyclic) bond motifs is 1. The van der Waals surface area contributed by atoms with Crippen LogP contribution in [-0.2, 0) is 11.2 Å². The fourth-order valence-electron chi connectivity index (χ4n) is 2.92. The summed E-state index contributed by atoms with van der Waals surface area (Å²) in [5, 5.41) is 1.18. The van der Waals surface area contributed by atoms with Gasteiger partial charge < -0.3 is 14.6 Å². The molecule has 0 bridgehead atoms.